The van der Waals surface area contributed by atoms with Crippen molar-refractivity contribution in [3.05, 3.63) is 18.0 Å². The van der Waals surface area contributed by atoms with E-state index < -0.39 is 0 Å². The lowest BCUT2D eigenvalue weighted by Crippen LogP contribution is -2.01. The van der Waals surface area contributed by atoms with Gasteiger partial charge in [0, 0.05) is 5.41 Å². The fourth-order valence-electron chi connectivity index (χ4n) is 1.45. The average molecular weight is 221 g/mol. The highest BCUT2D eigenvalue weighted by Crippen LogP contribution is 2.46. The molecule has 1 fully saturated rings. The maximum Gasteiger partial charge on any atom is 0.268 e. The van der Waals surface area contributed by atoms with Gasteiger partial charge in [-0.3, -0.25) is 0 Å². The minimum Gasteiger partial charge on any atom is -0.391 e. The van der Waals surface area contributed by atoms with Gasteiger partial charge in [0.2, 0.25) is 0 Å². The van der Waals surface area contributed by atoms with Gasteiger partial charge in [-0.25, -0.2) is 0 Å². The minimum atomic E-state index is 0.157. The van der Waals surface area contributed by atoms with Gasteiger partial charge < -0.3 is 10.3 Å². The number of nitrogens with two attached hydrogens (primary N) is 1. The minimum absolute atomic E-state index is 0.157. The van der Waals surface area contributed by atoms with E-state index in [1.165, 1.54) is 11.3 Å². The highest BCUT2D eigenvalue weighted by Gasteiger charge is 2.43. The molecule has 0 radical (unpaired) electrons. The molecular formula is C10H11N3OS. The molecule has 0 aliphatic heterocycles. The first-order valence-electron chi connectivity index (χ1n) is 4.87. The summed E-state index contributed by atoms with van der Waals surface area (Å²) < 4.78 is 5.22. The molecule has 0 spiro atoms. The Bertz CT molecular complexity index is 498. The number of nitrogen functional groups attached to an aromatic ring is 1. The summed E-state index contributed by atoms with van der Waals surface area (Å²) in [4.78, 5) is 5.34. The first-order chi connectivity index (χ1) is 7.17. The van der Waals surface area contributed by atoms with Crippen molar-refractivity contribution in [1.29, 1.82) is 0 Å². The van der Waals surface area contributed by atoms with Crippen molar-refractivity contribution in [2.24, 2.45) is 0 Å². The van der Waals surface area contributed by atoms with Crippen molar-refractivity contribution in [3.8, 4) is 10.8 Å². The van der Waals surface area contributed by atoms with E-state index in [0.29, 0.717) is 5.89 Å². The molecule has 4 nitrogen and oxygen atoms in total. The van der Waals surface area contributed by atoms with Crippen molar-refractivity contribution in [1.82, 2.24) is 10.1 Å². The SMILES string of the molecule is CC1(c2noc(-c3ccc(N)s3)n2)CC1. The number of anilines is 1. The van der Waals surface area contributed by atoms with E-state index in [-0.39, 0.29) is 5.41 Å². The summed E-state index contributed by atoms with van der Waals surface area (Å²) in [5.41, 5.74) is 5.81. The van der Waals surface area contributed by atoms with Crippen LogP contribution < -0.4 is 5.73 Å². The Labute approximate surface area is 91.1 Å². The number of aromatic nitrogens is 2. The third-order valence-electron chi connectivity index (χ3n) is 2.80. The van der Waals surface area contributed by atoms with Crippen molar-refractivity contribution < 1.29 is 4.52 Å². The second kappa shape index (κ2) is 2.82. The van der Waals surface area contributed by atoms with Gasteiger partial charge in [0.15, 0.2) is 5.82 Å². The first-order valence-corrected chi connectivity index (χ1v) is 5.69. The molecule has 2 heterocycles. The maximum absolute atomic E-state index is 5.65. The molecule has 1 aliphatic carbocycles. The van der Waals surface area contributed by atoms with E-state index in [1.54, 1.807) is 0 Å². The zero-order valence-electron chi connectivity index (χ0n) is 8.36. The predicted molar refractivity (Wildman–Crippen MR) is 58.6 cm³/mol. The van der Waals surface area contributed by atoms with Gasteiger partial charge >= 0.3 is 0 Å². The lowest BCUT2D eigenvalue weighted by molar-refractivity contribution is 0.416. The Hall–Kier alpha value is -1.36. The van der Waals surface area contributed by atoms with Crippen molar-refractivity contribution in [2.45, 2.75) is 25.2 Å². The number of thiophene rings is 1. The van der Waals surface area contributed by atoms with Crippen LogP contribution in [0.25, 0.3) is 10.8 Å². The molecule has 2 aromatic rings. The summed E-state index contributed by atoms with van der Waals surface area (Å²) in [6, 6.07) is 3.76. The van der Waals surface area contributed by atoms with Crippen LogP contribution in [0, 0.1) is 0 Å². The van der Waals surface area contributed by atoms with Crippen molar-refractivity contribution >= 4 is 16.3 Å². The van der Waals surface area contributed by atoms with Gasteiger partial charge in [-0.1, -0.05) is 12.1 Å². The molecule has 1 saturated carbocycles. The molecule has 5 heteroatoms. The first kappa shape index (κ1) is 8.91. The Morgan fingerprint density at radius 1 is 1.47 bits per heavy atom. The van der Waals surface area contributed by atoms with Gasteiger partial charge in [-0.05, 0) is 25.0 Å². The molecule has 0 saturated heterocycles. The third kappa shape index (κ3) is 1.43. The summed E-state index contributed by atoms with van der Waals surface area (Å²) in [5.74, 6) is 1.41. The monoisotopic (exact) mass is 221 g/mol. The lowest BCUT2D eigenvalue weighted by atomic mass is 10.1. The standard InChI is InChI=1S/C10H11N3OS/c1-10(4-5-10)9-12-8(14-13-9)6-2-3-7(11)15-6/h2-3H,4-5,11H2,1H3. The molecule has 1 aliphatic rings. The predicted octanol–water partition coefficient (Wildman–Crippen LogP) is 2.43. The van der Waals surface area contributed by atoms with E-state index >= 15 is 0 Å². The summed E-state index contributed by atoms with van der Waals surface area (Å²) in [5, 5.41) is 4.78. The summed E-state index contributed by atoms with van der Waals surface area (Å²) in [6.45, 7) is 2.16. The molecule has 78 valence electrons. The molecule has 2 N–H and O–H groups in total. The van der Waals surface area contributed by atoms with Gasteiger partial charge in [-0.15, -0.1) is 11.3 Å². The summed E-state index contributed by atoms with van der Waals surface area (Å²) >= 11 is 1.47. The van der Waals surface area contributed by atoms with E-state index in [0.717, 1.165) is 28.5 Å². The van der Waals surface area contributed by atoms with Crippen molar-refractivity contribution in [3.63, 3.8) is 0 Å². The largest absolute Gasteiger partial charge is 0.391 e. The zero-order chi connectivity index (χ0) is 10.5. The molecule has 0 atom stereocenters. The topological polar surface area (TPSA) is 64.9 Å². The average Bonchev–Trinajstić information content (AvgIpc) is 2.72. The molecule has 0 amide bonds. The second-order valence-corrected chi connectivity index (χ2v) is 5.30. The molecule has 15 heavy (non-hydrogen) atoms. The Kier molecular flexibility index (Phi) is 1.68. The summed E-state index contributed by atoms with van der Waals surface area (Å²) in [6.07, 6.45) is 2.30. The summed E-state index contributed by atoms with van der Waals surface area (Å²) in [7, 11) is 0. The van der Waals surface area contributed by atoms with Crippen LogP contribution >= 0.6 is 11.3 Å². The third-order valence-corrected chi connectivity index (χ3v) is 3.71. The van der Waals surface area contributed by atoms with Crippen molar-refractivity contribution in [2.75, 3.05) is 5.73 Å². The van der Waals surface area contributed by atoms with E-state index in [1.807, 2.05) is 12.1 Å². The van der Waals surface area contributed by atoms with Crippen LogP contribution in [0.4, 0.5) is 5.00 Å². The van der Waals surface area contributed by atoms with Crippen LogP contribution in [-0.2, 0) is 5.41 Å². The second-order valence-electron chi connectivity index (χ2n) is 4.19. The maximum atomic E-state index is 5.65. The quantitative estimate of drug-likeness (QED) is 0.845. The molecule has 0 bridgehead atoms. The lowest BCUT2D eigenvalue weighted by Gasteiger charge is -1.96. The van der Waals surface area contributed by atoms with Crippen LogP contribution in [0.2, 0.25) is 0 Å². The molecular weight excluding hydrogens is 210 g/mol. The smallest absolute Gasteiger partial charge is 0.268 e. The van der Waals surface area contributed by atoms with Gasteiger partial charge in [-0.2, -0.15) is 4.98 Å². The normalized spacial score (nSPS) is 17.9. The number of rotatable bonds is 2. The zero-order valence-corrected chi connectivity index (χ0v) is 9.17. The number of nitrogens with zero attached hydrogens (tertiary/aromatic N) is 2. The van der Waals surface area contributed by atoms with Crippen LogP contribution in [-0.4, -0.2) is 10.1 Å². The van der Waals surface area contributed by atoms with Gasteiger partial charge in [0.1, 0.15) is 0 Å². The molecule has 0 unspecified atom stereocenters. The molecule has 2 aromatic heterocycles. The Morgan fingerprint density at radius 2 is 2.27 bits per heavy atom. The van der Waals surface area contributed by atoms with Crippen LogP contribution in [0.15, 0.2) is 16.7 Å². The highest BCUT2D eigenvalue weighted by molar-refractivity contribution is 7.19. The van der Waals surface area contributed by atoms with Crippen LogP contribution in [0.1, 0.15) is 25.6 Å². The fraction of sp³-hybridized carbons (Fsp3) is 0.400. The van der Waals surface area contributed by atoms with Crippen LogP contribution in [0.3, 0.4) is 0 Å². The molecule has 3 rings (SSSR count). The van der Waals surface area contributed by atoms with Crippen LogP contribution in [0.5, 0.6) is 0 Å². The Balaban J connectivity index is 1.97. The highest BCUT2D eigenvalue weighted by atomic mass is 32.1. The fourth-order valence-corrected chi connectivity index (χ4v) is 2.14. The van der Waals surface area contributed by atoms with E-state index in [4.69, 9.17) is 10.3 Å². The van der Waals surface area contributed by atoms with E-state index in [2.05, 4.69) is 17.1 Å². The Morgan fingerprint density at radius 3 is 2.87 bits per heavy atom. The van der Waals surface area contributed by atoms with E-state index in [9.17, 15) is 0 Å². The molecule has 0 aromatic carbocycles. The number of hydrogen-bond acceptors (Lipinski definition) is 5. The van der Waals surface area contributed by atoms with Gasteiger partial charge in [0.25, 0.3) is 5.89 Å². The van der Waals surface area contributed by atoms with Gasteiger partial charge in [0.05, 0.1) is 9.88 Å². The number of hydrogen-bond donors (Lipinski definition) is 1.